The van der Waals surface area contributed by atoms with E-state index < -0.39 is 4.92 Å². The number of carbonyl (C=O) groups is 1. The summed E-state index contributed by atoms with van der Waals surface area (Å²) >= 11 is 1.43. The fraction of sp³-hybridized carbons (Fsp3) is 0.143. The van der Waals surface area contributed by atoms with Crippen LogP contribution in [0.1, 0.15) is 17.3 Å². The van der Waals surface area contributed by atoms with Crippen LogP contribution in [-0.4, -0.2) is 22.1 Å². The number of hydrogen-bond donors (Lipinski definition) is 0. The quantitative estimate of drug-likeness (QED) is 0.244. The van der Waals surface area contributed by atoms with E-state index in [0.29, 0.717) is 24.4 Å². The smallest absolute Gasteiger partial charge is 0.338 e. The molecule has 0 saturated carbocycles. The lowest BCUT2D eigenvalue weighted by Gasteiger charge is -2.06. The third-order valence-electron chi connectivity index (χ3n) is 4.07. The van der Waals surface area contributed by atoms with Crippen LogP contribution in [0.25, 0.3) is 11.3 Å². The molecule has 0 saturated heterocycles. The number of nitro benzene ring substituents is 1. The number of allylic oxidation sites excluding steroid dienone is 1. The van der Waals surface area contributed by atoms with Crippen molar-refractivity contribution in [3.05, 3.63) is 87.0 Å². The van der Waals surface area contributed by atoms with Gasteiger partial charge in [-0.15, -0.1) is 17.9 Å². The molecular weight excluding hydrogens is 390 g/mol. The predicted octanol–water partition coefficient (Wildman–Crippen LogP) is 4.72. The highest BCUT2D eigenvalue weighted by Gasteiger charge is 2.12. The van der Waals surface area contributed by atoms with E-state index in [9.17, 15) is 14.9 Å². The maximum atomic E-state index is 11.8. The summed E-state index contributed by atoms with van der Waals surface area (Å²) in [6, 6.07) is 13.3. The number of ether oxygens (including phenoxy) is 1. The number of non-ortho nitro benzene ring substituents is 1. The first-order chi connectivity index (χ1) is 14.0. The summed E-state index contributed by atoms with van der Waals surface area (Å²) in [5.41, 5.74) is 2.74. The maximum absolute atomic E-state index is 11.8. The number of esters is 1. The van der Waals surface area contributed by atoms with Gasteiger partial charge in [0.05, 0.1) is 28.5 Å². The van der Waals surface area contributed by atoms with Crippen LogP contribution < -0.4 is 4.80 Å². The van der Waals surface area contributed by atoms with Gasteiger partial charge in [-0.3, -0.25) is 10.1 Å². The molecule has 0 unspecified atom stereocenters. The van der Waals surface area contributed by atoms with Crippen molar-refractivity contribution in [3.8, 4) is 11.3 Å². The molecule has 3 rings (SSSR count). The van der Waals surface area contributed by atoms with Gasteiger partial charge in [0, 0.05) is 29.6 Å². The molecule has 0 radical (unpaired) electrons. The molecule has 2 aromatic carbocycles. The van der Waals surface area contributed by atoms with Crippen molar-refractivity contribution < 1.29 is 14.5 Å². The minimum Gasteiger partial charge on any atom is -0.462 e. The maximum Gasteiger partial charge on any atom is 0.338 e. The molecule has 148 valence electrons. The van der Waals surface area contributed by atoms with E-state index in [1.54, 1.807) is 49.4 Å². The van der Waals surface area contributed by atoms with Gasteiger partial charge in [0.2, 0.25) is 0 Å². The number of nitro groups is 1. The average Bonchev–Trinajstić information content (AvgIpc) is 3.11. The van der Waals surface area contributed by atoms with Crippen molar-refractivity contribution in [2.24, 2.45) is 4.99 Å². The van der Waals surface area contributed by atoms with E-state index in [4.69, 9.17) is 4.74 Å². The van der Waals surface area contributed by atoms with Gasteiger partial charge in [0.25, 0.3) is 5.69 Å². The number of benzene rings is 2. The Morgan fingerprint density at radius 1 is 1.31 bits per heavy atom. The molecule has 0 fully saturated rings. The standard InChI is InChI=1S/C21H19N3O4S/c1-3-12-23-19(16-6-5-7-18(13-16)24(26)27)14-29-21(23)22-17-10-8-15(9-11-17)20(25)28-4-2/h3,5-11,13-14H,1,4,12H2,2H3. The van der Waals surface area contributed by atoms with Crippen molar-refractivity contribution in [1.29, 1.82) is 0 Å². The van der Waals surface area contributed by atoms with Crippen molar-refractivity contribution in [1.82, 2.24) is 4.57 Å². The Morgan fingerprint density at radius 3 is 2.72 bits per heavy atom. The molecule has 0 aliphatic rings. The fourth-order valence-corrected chi connectivity index (χ4v) is 3.67. The minimum absolute atomic E-state index is 0.0342. The number of rotatable bonds is 7. The zero-order valence-corrected chi connectivity index (χ0v) is 16.6. The van der Waals surface area contributed by atoms with Crippen LogP contribution in [0.2, 0.25) is 0 Å². The van der Waals surface area contributed by atoms with Gasteiger partial charge in [0.15, 0.2) is 4.80 Å². The van der Waals surface area contributed by atoms with E-state index in [-0.39, 0.29) is 11.7 Å². The SMILES string of the molecule is C=CCn1c(-c2cccc([N+](=O)[O-])c2)csc1=Nc1ccc(C(=O)OCC)cc1. The molecule has 0 atom stereocenters. The van der Waals surface area contributed by atoms with Crippen LogP contribution in [0.5, 0.6) is 0 Å². The summed E-state index contributed by atoms with van der Waals surface area (Å²) in [5.74, 6) is -0.371. The molecule has 0 aliphatic heterocycles. The van der Waals surface area contributed by atoms with Gasteiger partial charge < -0.3 is 9.30 Å². The lowest BCUT2D eigenvalue weighted by Crippen LogP contribution is -2.14. The Morgan fingerprint density at radius 2 is 2.07 bits per heavy atom. The molecule has 1 aromatic heterocycles. The normalized spacial score (nSPS) is 11.3. The Bertz CT molecular complexity index is 1110. The first kappa shape index (κ1) is 20.2. The van der Waals surface area contributed by atoms with E-state index in [1.165, 1.54) is 17.4 Å². The molecular formula is C21H19N3O4S. The molecule has 7 nitrogen and oxygen atoms in total. The largest absolute Gasteiger partial charge is 0.462 e. The summed E-state index contributed by atoms with van der Waals surface area (Å²) in [4.78, 5) is 27.8. The summed E-state index contributed by atoms with van der Waals surface area (Å²) in [7, 11) is 0. The van der Waals surface area contributed by atoms with Gasteiger partial charge in [-0.05, 0) is 31.2 Å². The molecule has 1 heterocycles. The molecule has 0 bridgehead atoms. The highest BCUT2D eigenvalue weighted by Crippen LogP contribution is 2.25. The molecule has 29 heavy (non-hydrogen) atoms. The Labute approximate surface area is 171 Å². The van der Waals surface area contributed by atoms with Gasteiger partial charge in [0.1, 0.15) is 0 Å². The van der Waals surface area contributed by atoms with E-state index in [1.807, 2.05) is 16.0 Å². The first-order valence-electron chi connectivity index (χ1n) is 8.89. The number of hydrogen-bond acceptors (Lipinski definition) is 6. The molecule has 0 spiro atoms. The second-order valence-corrected chi connectivity index (χ2v) is 6.83. The second kappa shape index (κ2) is 9.11. The fourth-order valence-electron chi connectivity index (χ4n) is 2.73. The Balaban J connectivity index is 2.00. The summed E-state index contributed by atoms with van der Waals surface area (Å²) in [6.07, 6.45) is 1.75. The van der Waals surface area contributed by atoms with Crippen molar-refractivity contribution in [3.63, 3.8) is 0 Å². The van der Waals surface area contributed by atoms with Gasteiger partial charge in [-0.1, -0.05) is 18.2 Å². The molecule has 0 N–H and O–H groups in total. The Hall–Kier alpha value is -3.52. The number of aromatic nitrogens is 1. The van der Waals surface area contributed by atoms with Crippen LogP contribution in [0.3, 0.4) is 0 Å². The first-order valence-corrected chi connectivity index (χ1v) is 9.77. The molecule has 0 aliphatic carbocycles. The predicted molar refractivity (Wildman–Crippen MR) is 112 cm³/mol. The minimum atomic E-state index is -0.413. The zero-order chi connectivity index (χ0) is 20.8. The van der Waals surface area contributed by atoms with Crippen molar-refractivity contribution in [2.45, 2.75) is 13.5 Å². The highest BCUT2D eigenvalue weighted by atomic mass is 32.1. The van der Waals surface area contributed by atoms with Crippen LogP contribution >= 0.6 is 11.3 Å². The molecule has 3 aromatic rings. The summed E-state index contributed by atoms with van der Waals surface area (Å²) in [6.45, 7) is 6.38. The van der Waals surface area contributed by atoms with Crippen LogP contribution in [0.4, 0.5) is 11.4 Å². The summed E-state index contributed by atoms with van der Waals surface area (Å²) < 4.78 is 6.93. The lowest BCUT2D eigenvalue weighted by atomic mass is 10.1. The lowest BCUT2D eigenvalue weighted by molar-refractivity contribution is -0.384. The van der Waals surface area contributed by atoms with Crippen LogP contribution in [0, 0.1) is 10.1 Å². The van der Waals surface area contributed by atoms with Gasteiger partial charge in [-0.25, -0.2) is 9.79 Å². The van der Waals surface area contributed by atoms with Crippen molar-refractivity contribution >= 4 is 28.7 Å². The Kier molecular flexibility index (Phi) is 6.36. The van der Waals surface area contributed by atoms with Crippen LogP contribution in [-0.2, 0) is 11.3 Å². The second-order valence-electron chi connectivity index (χ2n) is 5.99. The van der Waals surface area contributed by atoms with Gasteiger partial charge in [-0.2, -0.15) is 0 Å². The van der Waals surface area contributed by atoms with Gasteiger partial charge >= 0.3 is 5.97 Å². The highest BCUT2D eigenvalue weighted by molar-refractivity contribution is 7.07. The van der Waals surface area contributed by atoms with Crippen molar-refractivity contribution in [2.75, 3.05) is 6.61 Å². The monoisotopic (exact) mass is 409 g/mol. The van der Waals surface area contributed by atoms with Crippen LogP contribution in [0.15, 0.2) is 71.6 Å². The number of thiazole rings is 1. The number of nitrogens with zero attached hydrogens (tertiary/aromatic N) is 3. The van der Waals surface area contributed by atoms with E-state index >= 15 is 0 Å². The van der Waals surface area contributed by atoms with E-state index in [2.05, 4.69) is 11.6 Å². The molecule has 0 amide bonds. The number of carbonyl (C=O) groups excluding carboxylic acids is 1. The average molecular weight is 409 g/mol. The zero-order valence-electron chi connectivity index (χ0n) is 15.8. The van der Waals surface area contributed by atoms with E-state index in [0.717, 1.165) is 16.1 Å². The third kappa shape index (κ3) is 4.67. The topological polar surface area (TPSA) is 86.7 Å². The summed E-state index contributed by atoms with van der Waals surface area (Å²) in [5, 5.41) is 13.0. The molecule has 8 heteroatoms. The third-order valence-corrected chi connectivity index (χ3v) is 4.93.